The lowest BCUT2D eigenvalue weighted by molar-refractivity contribution is 1.10. The van der Waals surface area contributed by atoms with Crippen molar-refractivity contribution < 1.29 is 0 Å². The lowest BCUT2D eigenvalue weighted by atomic mass is 11.0. The summed E-state index contributed by atoms with van der Waals surface area (Å²) in [5, 5.41) is 2.61. The van der Waals surface area contributed by atoms with Crippen molar-refractivity contribution in [1.82, 2.24) is 14.3 Å². The zero-order chi connectivity index (χ0) is 7.52. The van der Waals surface area contributed by atoms with Crippen molar-refractivity contribution in [1.29, 1.82) is 0 Å². The van der Waals surface area contributed by atoms with Gasteiger partial charge in [0.2, 0.25) is 10.7 Å². The molecule has 0 radical (unpaired) electrons. The van der Waals surface area contributed by atoms with Crippen LogP contribution >= 0.6 is 22.9 Å². The summed E-state index contributed by atoms with van der Waals surface area (Å²) in [5.74, 6) is 0. The Morgan fingerprint density at radius 3 is 3.09 bits per heavy atom. The molecule has 0 atom stereocenters. The molecule has 11 heavy (non-hydrogen) atoms. The fourth-order valence-corrected chi connectivity index (χ4v) is 1.51. The van der Waals surface area contributed by atoms with Crippen molar-refractivity contribution >= 4 is 28.0 Å². The Kier molecular flexibility index (Phi) is 1.78. The molecule has 2 aromatic rings. The van der Waals surface area contributed by atoms with E-state index >= 15 is 0 Å². The van der Waals surface area contributed by atoms with E-state index < -0.39 is 0 Å². The molecule has 6 heteroatoms. The Balaban J connectivity index is 2.44. The van der Waals surface area contributed by atoms with Gasteiger partial charge >= 0.3 is 0 Å². The van der Waals surface area contributed by atoms with Crippen molar-refractivity contribution in [3.05, 3.63) is 22.7 Å². The number of hydrogen-bond donors (Lipinski definition) is 1. The van der Waals surface area contributed by atoms with E-state index in [4.69, 9.17) is 0 Å². The van der Waals surface area contributed by atoms with E-state index in [9.17, 15) is 0 Å². The Labute approximate surface area is 70.5 Å². The number of nitrogens with zero attached hydrogens (tertiary/aromatic N) is 3. The van der Waals surface area contributed by atoms with Crippen LogP contribution in [-0.2, 0) is 0 Å². The maximum absolute atomic E-state index is 4.11. The number of thiazole rings is 1. The third-order valence-corrected chi connectivity index (χ3v) is 2.18. The summed E-state index contributed by atoms with van der Waals surface area (Å²) >= 11 is 2.90. The SMILES string of the molecule is c1csc(N=c2ncs[nH]2)n1. The van der Waals surface area contributed by atoms with Gasteiger partial charge in [0.1, 0.15) is 5.51 Å². The predicted octanol–water partition coefficient (Wildman–Crippen LogP) is 1.16. The molecule has 0 aliphatic heterocycles. The number of aromatic amines is 1. The van der Waals surface area contributed by atoms with E-state index in [2.05, 4.69) is 19.3 Å². The Bertz CT molecular complexity index is 354. The van der Waals surface area contributed by atoms with Gasteiger partial charge in [-0.25, -0.2) is 9.97 Å². The lowest BCUT2D eigenvalue weighted by Crippen LogP contribution is -2.02. The molecule has 2 aromatic heterocycles. The average molecular weight is 184 g/mol. The maximum atomic E-state index is 4.11. The van der Waals surface area contributed by atoms with Crippen LogP contribution < -0.4 is 5.62 Å². The number of H-pyrrole nitrogens is 1. The molecular weight excluding hydrogens is 180 g/mol. The highest BCUT2D eigenvalue weighted by Gasteiger charge is 1.89. The topological polar surface area (TPSA) is 53.9 Å². The molecule has 0 unspecified atom stereocenters. The molecule has 2 heterocycles. The number of nitrogens with one attached hydrogen (secondary N) is 1. The van der Waals surface area contributed by atoms with Gasteiger partial charge < -0.3 is 0 Å². The summed E-state index contributed by atoms with van der Waals surface area (Å²) in [5.41, 5.74) is 2.32. The highest BCUT2D eigenvalue weighted by molar-refractivity contribution is 7.13. The summed E-state index contributed by atoms with van der Waals surface area (Å²) < 4.78 is 2.91. The van der Waals surface area contributed by atoms with Gasteiger partial charge in [-0.05, 0) is 11.5 Å². The zero-order valence-corrected chi connectivity index (χ0v) is 7.02. The molecule has 0 aliphatic rings. The normalized spacial score (nSPS) is 12.2. The van der Waals surface area contributed by atoms with Crippen LogP contribution in [0.2, 0.25) is 0 Å². The maximum Gasteiger partial charge on any atom is 0.239 e. The van der Waals surface area contributed by atoms with E-state index in [1.807, 2.05) is 5.38 Å². The number of aromatic nitrogens is 3. The summed E-state index contributed by atoms with van der Waals surface area (Å²) in [7, 11) is 0. The third-order valence-electron chi connectivity index (χ3n) is 0.999. The predicted molar refractivity (Wildman–Crippen MR) is 43.8 cm³/mol. The third kappa shape index (κ3) is 1.52. The summed E-state index contributed by atoms with van der Waals surface area (Å²) in [6.45, 7) is 0. The van der Waals surface area contributed by atoms with Crippen LogP contribution in [0.25, 0.3) is 0 Å². The summed E-state index contributed by atoms with van der Waals surface area (Å²) in [6.07, 6.45) is 1.72. The summed E-state index contributed by atoms with van der Waals surface area (Å²) in [4.78, 5) is 12.1. The van der Waals surface area contributed by atoms with E-state index in [0.717, 1.165) is 5.13 Å². The Hall–Kier alpha value is -1.01. The second kappa shape index (κ2) is 2.93. The van der Waals surface area contributed by atoms with Crippen LogP contribution in [0.5, 0.6) is 0 Å². The molecule has 0 saturated heterocycles. The molecule has 0 aliphatic carbocycles. The fraction of sp³-hybridized carbons (Fsp3) is 0. The zero-order valence-electron chi connectivity index (χ0n) is 5.39. The average Bonchev–Trinajstić information content (AvgIpc) is 2.60. The van der Waals surface area contributed by atoms with Crippen molar-refractivity contribution in [3.8, 4) is 0 Å². The Morgan fingerprint density at radius 1 is 1.45 bits per heavy atom. The quantitative estimate of drug-likeness (QED) is 0.723. The molecule has 1 N–H and O–H groups in total. The highest BCUT2D eigenvalue weighted by atomic mass is 32.1. The van der Waals surface area contributed by atoms with Crippen LogP contribution in [0.3, 0.4) is 0 Å². The first-order chi connectivity index (χ1) is 5.45. The molecular formula is C5H4N4S2. The highest BCUT2D eigenvalue weighted by Crippen LogP contribution is 2.12. The Morgan fingerprint density at radius 2 is 2.45 bits per heavy atom. The van der Waals surface area contributed by atoms with E-state index in [-0.39, 0.29) is 0 Å². The molecule has 0 saturated carbocycles. The van der Waals surface area contributed by atoms with Crippen LogP contribution in [0.4, 0.5) is 5.13 Å². The van der Waals surface area contributed by atoms with Crippen molar-refractivity contribution in [2.45, 2.75) is 0 Å². The largest absolute Gasteiger partial charge is 0.278 e. The van der Waals surface area contributed by atoms with Gasteiger partial charge in [-0.1, -0.05) is 0 Å². The van der Waals surface area contributed by atoms with Gasteiger partial charge in [0, 0.05) is 11.6 Å². The molecule has 2 rings (SSSR count). The summed E-state index contributed by atoms with van der Waals surface area (Å²) in [6, 6.07) is 0. The van der Waals surface area contributed by atoms with Crippen molar-refractivity contribution in [3.63, 3.8) is 0 Å². The minimum atomic E-state index is 0.616. The minimum absolute atomic E-state index is 0.616. The first kappa shape index (κ1) is 6.68. The molecule has 0 fully saturated rings. The van der Waals surface area contributed by atoms with Gasteiger partial charge in [0.05, 0.1) is 0 Å². The number of hydrogen-bond acceptors (Lipinski definition) is 5. The molecule has 4 nitrogen and oxygen atoms in total. The minimum Gasteiger partial charge on any atom is -0.278 e. The van der Waals surface area contributed by atoms with E-state index in [1.165, 1.54) is 22.9 Å². The van der Waals surface area contributed by atoms with Gasteiger partial charge in [-0.3, -0.25) is 4.37 Å². The molecule has 0 bridgehead atoms. The lowest BCUT2D eigenvalue weighted by Gasteiger charge is -1.75. The molecule has 0 amide bonds. The van der Waals surface area contributed by atoms with Gasteiger partial charge in [-0.15, -0.1) is 11.3 Å². The van der Waals surface area contributed by atoms with Crippen LogP contribution in [0, 0.1) is 0 Å². The number of rotatable bonds is 1. The first-order valence-corrected chi connectivity index (χ1v) is 4.63. The van der Waals surface area contributed by atoms with Gasteiger partial charge in [0.15, 0.2) is 0 Å². The fourth-order valence-electron chi connectivity index (χ4n) is 0.595. The van der Waals surface area contributed by atoms with E-state index in [1.54, 1.807) is 11.7 Å². The first-order valence-electron chi connectivity index (χ1n) is 2.87. The van der Waals surface area contributed by atoms with Gasteiger partial charge in [0.25, 0.3) is 0 Å². The second-order valence-electron chi connectivity index (χ2n) is 1.70. The molecule has 0 aromatic carbocycles. The van der Waals surface area contributed by atoms with Crippen molar-refractivity contribution in [2.75, 3.05) is 0 Å². The molecule has 0 spiro atoms. The molecule has 56 valence electrons. The van der Waals surface area contributed by atoms with Crippen LogP contribution in [0.1, 0.15) is 0 Å². The van der Waals surface area contributed by atoms with Gasteiger partial charge in [-0.2, -0.15) is 4.99 Å². The second-order valence-corrected chi connectivity index (χ2v) is 3.23. The monoisotopic (exact) mass is 184 g/mol. The van der Waals surface area contributed by atoms with E-state index in [0.29, 0.717) is 5.62 Å². The van der Waals surface area contributed by atoms with Crippen LogP contribution in [-0.4, -0.2) is 14.3 Å². The van der Waals surface area contributed by atoms with Crippen LogP contribution in [0.15, 0.2) is 22.1 Å². The van der Waals surface area contributed by atoms with Crippen molar-refractivity contribution in [2.24, 2.45) is 4.99 Å². The standard InChI is InChI=1S/C5H4N4S2/c1-2-10-5(6-1)8-4-7-3-11-9-4/h1-3H,(H,6,8,9). The smallest absolute Gasteiger partial charge is 0.239 e.